The van der Waals surface area contributed by atoms with Crippen molar-refractivity contribution in [2.24, 2.45) is 10.1 Å². The van der Waals surface area contributed by atoms with Crippen LogP contribution in [0.5, 0.6) is 5.75 Å². The van der Waals surface area contributed by atoms with E-state index in [0.717, 1.165) is 24.3 Å². The van der Waals surface area contributed by atoms with E-state index in [2.05, 4.69) is 26.8 Å². The van der Waals surface area contributed by atoms with Gasteiger partial charge in [-0.1, -0.05) is 11.7 Å². The molecule has 29 heavy (non-hydrogen) atoms. The summed E-state index contributed by atoms with van der Waals surface area (Å²) in [5.74, 6) is 0.0601. The fraction of sp³-hybridized carbons (Fsp3) is 0.412. The van der Waals surface area contributed by atoms with Crippen molar-refractivity contribution in [1.29, 1.82) is 0 Å². The van der Waals surface area contributed by atoms with Crippen molar-refractivity contribution >= 4 is 21.6 Å². The number of halogens is 3. The smallest absolute Gasteiger partial charge is 0.406 e. The fourth-order valence-corrected chi connectivity index (χ4v) is 3.95. The summed E-state index contributed by atoms with van der Waals surface area (Å²) in [6.45, 7) is 4.02. The number of aliphatic imine (C=N–C) groups is 1. The number of hydrogen-bond donors (Lipinski definition) is 1. The van der Waals surface area contributed by atoms with E-state index in [-0.39, 0.29) is 24.6 Å². The van der Waals surface area contributed by atoms with Gasteiger partial charge in [0.2, 0.25) is 10.0 Å². The molecule has 1 aromatic rings. The van der Waals surface area contributed by atoms with Gasteiger partial charge in [-0.05, 0) is 30.5 Å². The third-order valence-electron chi connectivity index (χ3n) is 3.93. The molecular formula is C17H21F3N4O4S. The second-order valence-electron chi connectivity index (χ2n) is 5.87. The first-order valence-electron chi connectivity index (χ1n) is 8.52. The van der Waals surface area contributed by atoms with Crippen LogP contribution in [0.1, 0.15) is 12.8 Å². The van der Waals surface area contributed by atoms with Crippen LogP contribution in [0.2, 0.25) is 0 Å². The molecule has 0 bridgehead atoms. The van der Waals surface area contributed by atoms with Gasteiger partial charge in [0.15, 0.2) is 6.61 Å². The molecule has 1 aromatic carbocycles. The monoisotopic (exact) mass is 434 g/mol. The summed E-state index contributed by atoms with van der Waals surface area (Å²) in [4.78, 5) is 9.05. The predicted octanol–water partition coefficient (Wildman–Crippen LogP) is 2.50. The van der Waals surface area contributed by atoms with Gasteiger partial charge in [-0.25, -0.2) is 8.42 Å². The molecule has 1 aliphatic rings. The zero-order chi connectivity index (χ0) is 21.5. The molecule has 1 saturated heterocycles. The highest BCUT2D eigenvalue weighted by molar-refractivity contribution is 7.89. The van der Waals surface area contributed by atoms with Crippen LogP contribution in [0.4, 0.5) is 13.2 Å². The molecule has 1 N–H and O–H groups in total. The van der Waals surface area contributed by atoms with Crippen molar-refractivity contribution in [1.82, 2.24) is 9.62 Å². The molecule has 0 spiro atoms. The average Bonchev–Trinajstić information content (AvgIpc) is 2.67. The maximum Gasteiger partial charge on any atom is 0.573 e. The van der Waals surface area contributed by atoms with Gasteiger partial charge < -0.3 is 14.9 Å². The van der Waals surface area contributed by atoms with Crippen LogP contribution in [0.25, 0.3) is 0 Å². The van der Waals surface area contributed by atoms with Crippen molar-refractivity contribution in [3.63, 3.8) is 0 Å². The largest absolute Gasteiger partial charge is 0.573 e. The molecule has 2 rings (SSSR count). The lowest BCUT2D eigenvalue weighted by Crippen LogP contribution is -2.38. The summed E-state index contributed by atoms with van der Waals surface area (Å²) in [7, 11) is -2.24. The molecule has 0 radical (unpaired) electrons. The van der Waals surface area contributed by atoms with E-state index in [1.807, 2.05) is 0 Å². The molecule has 0 atom stereocenters. The van der Waals surface area contributed by atoms with Gasteiger partial charge in [-0.3, -0.25) is 4.99 Å². The number of alkyl halides is 3. The van der Waals surface area contributed by atoms with Gasteiger partial charge in [0.05, 0.1) is 10.6 Å². The number of benzene rings is 1. The Balaban J connectivity index is 1.94. The van der Waals surface area contributed by atoms with Crippen LogP contribution < -0.4 is 10.1 Å². The summed E-state index contributed by atoms with van der Waals surface area (Å²) in [5.41, 5.74) is 0.708. The van der Waals surface area contributed by atoms with E-state index in [9.17, 15) is 21.6 Å². The molecular weight excluding hydrogens is 413 g/mol. The van der Waals surface area contributed by atoms with Crippen LogP contribution >= 0.6 is 0 Å². The predicted molar refractivity (Wildman–Crippen MR) is 101 cm³/mol. The van der Waals surface area contributed by atoms with Crippen molar-refractivity contribution in [3.8, 4) is 5.75 Å². The first-order valence-corrected chi connectivity index (χ1v) is 9.96. The maximum atomic E-state index is 12.7. The van der Waals surface area contributed by atoms with Gasteiger partial charge in [0.25, 0.3) is 0 Å². The second kappa shape index (κ2) is 9.74. The molecule has 0 unspecified atom stereocenters. The zero-order valence-corrected chi connectivity index (χ0v) is 16.5. The highest BCUT2D eigenvalue weighted by atomic mass is 32.2. The first-order chi connectivity index (χ1) is 13.7. The van der Waals surface area contributed by atoms with Crippen LogP contribution in [0.15, 0.2) is 52.1 Å². The Hall–Kier alpha value is -2.60. The van der Waals surface area contributed by atoms with E-state index >= 15 is 0 Å². The molecule has 12 heteroatoms. The van der Waals surface area contributed by atoms with E-state index in [1.165, 1.54) is 10.5 Å². The number of nitrogens with zero attached hydrogens (tertiary/aromatic N) is 3. The quantitative estimate of drug-likeness (QED) is 0.404. The summed E-state index contributed by atoms with van der Waals surface area (Å²) in [6, 6.07) is 4.10. The molecule has 1 aliphatic heterocycles. The Morgan fingerprint density at radius 2 is 1.90 bits per heavy atom. The Bertz CT molecular complexity index is 858. The molecule has 0 aliphatic carbocycles. The third kappa shape index (κ3) is 6.75. The van der Waals surface area contributed by atoms with Crippen LogP contribution in [0.3, 0.4) is 0 Å². The minimum absolute atomic E-state index is 0.108. The molecule has 160 valence electrons. The number of rotatable bonds is 7. The Kier molecular flexibility index (Phi) is 7.62. The second-order valence-corrected chi connectivity index (χ2v) is 7.81. The van der Waals surface area contributed by atoms with Crippen molar-refractivity contribution in [2.45, 2.75) is 24.1 Å². The highest BCUT2D eigenvalue weighted by Gasteiger charge is 2.32. The van der Waals surface area contributed by atoms with Gasteiger partial charge in [0, 0.05) is 33.0 Å². The Labute approximate surface area is 166 Å². The van der Waals surface area contributed by atoms with E-state index in [1.54, 1.807) is 7.05 Å². The van der Waals surface area contributed by atoms with Gasteiger partial charge in [-0.2, -0.15) is 4.31 Å². The molecule has 0 aromatic heterocycles. The Morgan fingerprint density at radius 3 is 2.41 bits per heavy atom. The average molecular weight is 434 g/mol. The molecule has 8 nitrogen and oxygen atoms in total. The SMILES string of the molecule is C=CNC(CON=C1CCN(S(=O)(=O)c2ccc(OC(F)(F)F)cc2)CC1)=NC. The van der Waals surface area contributed by atoms with Gasteiger partial charge >= 0.3 is 6.36 Å². The van der Waals surface area contributed by atoms with Crippen molar-refractivity contribution in [2.75, 3.05) is 26.7 Å². The van der Waals surface area contributed by atoms with E-state index < -0.39 is 22.1 Å². The van der Waals surface area contributed by atoms with Crippen LogP contribution in [-0.2, 0) is 14.9 Å². The van der Waals surface area contributed by atoms with E-state index in [0.29, 0.717) is 24.4 Å². The summed E-state index contributed by atoms with van der Waals surface area (Å²) in [5, 5.41) is 6.80. The Morgan fingerprint density at radius 1 is 1.28 bits per heavy atom. The number of amidine groups is 1. The number of sulfonamides is 1. The van der Waals surface area contributed by atoms with Crippen molar-refractivity contribution in [3.05, 3.63) is 37.0 Å². The maximum absolute atomic E-state index is 12.7. The van der Waals surface area contributed by atoms with E-state index in [4.69, 9.17) is 4.84 Å². The topological polar surface area (TPSA) is 92.6 Å². The first kappa shape index (κ1) is 22.7. The lowest BCUT2D eigenvalue weighted by Gasteiger charge is -2.26. The summed E-state index contributed by atoms with van der Waals surface area (Å²) in [6.07, 6.45) is -2.62. The molecule has 1 fully saturated rings. The summed E-state index contributed by atoms with van der Waals surface area (Å²) >= 11 is 0. The minimum Gasteiger partial charge on any atom is -0.406 e. The lowest BCUT2D eigenvalue weighted by atomic mass is 10.1. The fourth-order valence-electron chi connectivity index (χ4n) is 2.51. The number of hydrogen-bond acceptors (Lipinski definition) is 6. The standard InChI is InChI=1S/C17H21F3N4O4S/c1-3-22-16(21-2)12-27-23-13-8-10-24(11-9-13)29(25,26)15-6-4-14(5-7-15)28-17(18,19)20/h3-7H,1,8-12H2,2H3,(H,21,22). The highest BCUT2D eigenvalue weighted by Crippen LogP contribution is 2.26. The third-order valence-corrected chi connectivity index (χ3v) is 5.84. The molecule has 0 saturated carbocycles. The number of piperidine rings is 1. The van der Waals surface area contributed by atoms with Crippen LogP contribution in [0, 0.1) is 0 Å². The number of oxime groups is 1. The number of ether oxygens (including phenoxy) is 1. The minimum atomic E-state index is -4.84. The normalized spacial score (nSPS) is 16.3. The number of nitrogens with one attached hydrogen (secondary N) is 1. The van der Waals surface area contributed by atoms with Gasteiger partial charge in [0.1, 0.15) is 11.6 Å². The van der Waals surface area contributed by atoms with Gasteiger partial charge in [-0.15, -0.1) is 13.2 Å². The molecule has 1 heterocycles. The zero-order valence-electron chi connectivity index (χ0n) is 15.6. The van der Waals surface area contributed by atoms with Crippen LogP contribution in [-0.4, -0.2) is 57.4 Å². The molecule has 0 amide bonds. The lowest BCUT2D eigenvalue weighted by molar-refractivity contribution is -0.274. The van der Waals surface area contributed by atoms with Crippen molar-refractivity contribution < 1.29 is 31.2 Å². The summed E-state index contributed by atoms with van der Waals surface area (Å²) < 4.78 is 67.0.